The van der Waals surface area contributed by atoms with E-state index in [1.54, 1.807) is 60.7 Å². The number of hydrogen-bond donors (Lipinski definition) is 1. The van der Waals surface area contributed by atoms with Crippen LogP contribution < -0.4 is 10.2 Å². The van der Waals surface area contributed by atoms with Crippen LogP contribution in [0.25, 0.3) is 11.0 Å². The van der Waals surface area contributed by atoms with Crippen molar-refractivity contribution in [1.82, 2.24) is 20.3 Å². The smallest absolute Gasteiger partial charge is 0.249 e. The van der Waals surface area contributed by atoms with Crippen LogP contribution in [0.15, 0.2) is 102 Å². The van der Waals surface area contributed by atoms with Crippen LogP contribution >= 0.6 is 0 Å². The maximum atomic E-state index is 15.1. The average Bonchev–Trinajstić information content (AvgIpc) is 3.57. The van der Waals surface area contributed by atoms with E-state index < -0.39 is 23.7 Å². The van der Waals surface area contributed by atoms with E-state index in [-0.39, 0.29) is 18.8 Å². The highest BCUT2D eigenvalue weighted by molar-refractivity contribution is 6.01. The lowest BCUT2D eigenvalue weighted by Crippen LogP contribution is -2.45. The SMILES string of the molecule is O=C(NCc1ccco1)C(c1ccccc1)N(C(=O)Cn1nnc2ccccc21)c1ccccc1F. The van der Waals surface area contributed by atoms with Gasteiger partial charge in [-0.05, 0) is 42.0 Å². The Labute approximate surface area is 205 Å². The molecular formula is C27H22FN5O3. The Balaban J connectivity index is 1.55. The van der Waals surface area contributed by atoms with Crippen molar-refractivity contribution in [1.29, 1.82) is 0 Å². The first-order valence-corrected chi connectivity index (χ1v) is 11.3. The van der Waals surface area contributed by atoms with Crippen LogP contribution in [0.1, 0.15) is 17.4 Å². The van der Waals surface area contributed by atoms with Crippen molar-refractivity contribution in [2.24, 2.45) is 0 Å². The molecule has 1 N–H and O–H groups in total. The molecule has 0 saturated carbocycles. The molecule has 1 atom stereocenters. The molecule has 2 amide bonds. The van der Waals surface area contributed by atoms with Gasteiger partial charge in [0.05, 0.1) is 24.0 Å². The Morgan fingerprint density at radius 2 is 1.69 bits per heavy atom. The standard InChI is InChI=1S/C27H22FN5O3/c28-21-12-4-6-14-23(21)33(25(34)18-32-24-15-7-5-13-22(24)30-31-32)26(19-9-2-1-3-10-19)27(35)29-17-20-11-8-16-36-20/h1-16,26H,17-18H2,(H,29,35). The fourth-order valence-corrected chi connectivity index (χ4v) is 4.04. The summed E-state index contributed by atoms with van der Waals surface area (Å²) in [6.45, 7) is -0.133. The molecule has 2 aromatic heterocycles. The van der Waals surface area contributed by atoms with Gasteiger partial charge in [-0.1, -0.05) is 59.8 Å². The van der Waals surface area contributed by atoms with Gasteiger partial charge in [-0.2, -0.15) is 0 Å². The van der Waals surface area contributed by atoms with E-state index in [0.717, 1.165) is 0 Å². The highest BCUT2D eigenvalue weighted by atomic mass is 19.1. The first-order chi connectivity index (χ1) is 17.6. The van der Waals surface area contributed by atoms with Crippen molar-refractivity contribution < 1.29 is 18.4 Å². The number of para-hydroxylation sites is 2. The molecule has 0 spiro atoms. The quantitative estimate of drug-likeness (QED) is 0.356. The molecule has 0 aliphatic heterocycles. The Kier molecular flexibility index (Phi) is 6.53. The number of amides is 2. The first kappa shape index (κ1) is 23.0. The minimum atomic E-state index is -1.15. The largest absolute Gasteiger partial charge is 0.467 e. The summed E-state index contributed by atoms with van der Waals surface area (Å²) in [4.78, 5) is 28.6. The number of furan rings is 1. The van der Waals surface area contributed by atoms with E-state index in [2.05, 4.69) is 15.6 Å². The van der Waals surface area contributed by atoms with Gasteiger partial charge in [0.25, 0.3) is 0 Å². The van der Waals surface area contributed by atoms with Crippen LogP contribution in [0.5, 0.6) is 0 Å². The van der Waals surface area contributed by atoms with Crippen molar-refractivity contribution in [3.63, 3.8) is 0 Å². The molecule has 8 nitrogen and oxygen atoms in total. The molecule has 3 aromatic carbocycles. The average molecular weight is 484 g/mol. The lowest BCUT2D eigenvalue weighted by Gasteiger charge is -2.31. The normalized spacial score (nSPS) is 11.8. The summed E-state index contributed by atoms with van der Waals surface area (Å²) in [5.74, 6) is -1.10. The molecule has 0 fully saturated rings. The first-order valence-electron chi connectivity index (χ1n) is 11.3. The lowest BCUT2D eigenvalue weighted by molar-refractivity contribution is -0.127. The number of carbonyl (C=O) groups is 2. The Morgan fingerprint density at radius 3 is 2.47 bits per heavy atom. The zero-order chi connectivity index (χ0) is 24.9. The third-order valence-electron chi connectivity index (χ3n) is 5.72. The van der Waals surface area contributed by atoms with Gasteiger partial charge in [-0.25, -0.2) is 9.07 Å². The molecule has 2 heterocycles. The van der Waals surface area contributed by atoms with Crippen LogP contribution in [0.3, 0.4) is 0 Å². The number of carbonyl (C=O) groups excluding carboxylic acids is 2. The molecule has 9 heteroatoms. The number of fused-ring (bicyclic) bond motifs is 1. The zero-order valence-corrected chi connectivity index (χ0v) is 19.1. The van der Waals surface area contributed by atoms with E-state index >= 15 is 4.39 Å². The number of hydrogen-bond acceptors (Lipinski definition) is 5. The van der Waals surface area contributed by atoms with Gasteiger partial charge in [-0.3, -0.25) is 14.5 Å². The number of aromatic nitrogens is 3. The number of nitrogens with one attached hydrogen (secondary N) is 1. The number of benzene rings is 3. The fraction of sp³-hybridized carbons (Fsp3) is 0.111. The summed E-state index contributed by atoms with van der Waals surface area (Å²) < 4.78 is 21.9. The third kappa shape index (κ3) is 4.72. The fourth-order valence-electron chi connectivity index (χ4n) is 4.04. The van der Waals surface area contributed by atoms with Crippen molar-refractivity contribution >= 4 is 28.5 Å². The summed E-state index contributed by atoms with van der Waals surface area (Å²) in [6.07, 6.45) is 1.51. The zero-order valence-electron chi connectivity index (χ0n) is 19.1. The molecule has 36 heavy (non-hydrogen) atoms. The summed E-state index contributed by atoms with van der Waals surface area (Å²) in [5, 5.41) is 11.0. The molecule has 1 unspecified atom stereocenters. The molecule has 5 rings (SSSR count). The molecule has 0 saturated heterocycles. The van der Waals surface area contributed by atoms with Gasteiger partial charge in [0.15, 0.2) is 0 Å². The number of rotatable bonds is 8. The van der Waals surface area contributed by atoms with Crippen molar-refractivity contribution in [2.75, 3.05) is 4.90 Å². The third-order valence-corrected chi connectivity index (χ3v) is 5.72. The van der Waals surface area contributed by atoms with E-state index in [0.29, 0.717) is 22.4 Å². The topological polar surface area (TPSA) is 93.3 Å². The van der Waals surface area contributed by atoms with Crippen molar-refractivity contribution in [2.45, 2.75) is 19.1 Å². The van der Waals surface area contributed by atoms with Crippen LogP contribution in [-0.4, -0.2) is 26.8 Å². The van der Waals surface area contributed by atoms with Crippen molar-refractivity contribution in [3.8, 4) is 0 Å². The van der Waals surface area contributed by atoms with Crippen LogP contribution in [0, 0.1) is 5.82 Å². The summed E-state index contributed by atoms with van der Waals surface area (Å²) in [6, 6.07) is 24.2. The second kappa shape index (κ2) is 10.2. The molecular weight excluding hydrogens is 461 g/mol. The van der Waals surface area contributed by atoms with Gasteiger partial charge >= 0.3 is 0 Å². The molecule has 0 bridgehead atoms. The second-order valence-corrected chi connectivity index (χ2v) is 8.06. The Hall–Kier alpha value is -4.79. The minimum absolute atomic E-state index is 0.0195. The Morgan fingerprint density at radius 1 is 0.944 bits per heavy atom. The van der Waals surface area contributed by atoms with Crippen LogP contribution in [0.4, 0.5) is 10.1 Å². The maximum Gasteiger partial charge on any atom is 0.249 e. The lowest BCUT2D eigenvalue weighted by atomic mass is 10.0. The van der Waals surface area contributed by atoms with E-state index in [9.17, 15) is 9.59 Å². The van der Waals surface area contributed by atoms with Crippen molar-refractivity contribution in [3.05, 3.63) is 114 Å². The van der Waals surface area contributed by atoms with Gasteiger partial charge in [0.2, 0.25) is 11.8 Å². The monoisotopic (exact) mass is 483 g/mol. The summed E-state index contributed by atoms with van der Waals surface area (Å²) in [7, 11) is 0. The number of halogens is 1. The summed E-state index contributed by atoms with van der Waals surface area (Å²) in [5.41, 5.74) is 1.78. The molecule has 180 valence electrons. The van der Waals surface area contributed by atoms with Gasteiger partial charge in [-0.15, -0.1) is 5.10 Å². The van der Waals surface area contributed by atoms with Gasteiger partial charge in [0.1, 0.15) is 29.7 Å². The highest BCUT2D eigenvalue weighted by Crippen LogP contribution is 2.30. The van der Waals surface area contributed by atoms with Crippen LogP contribution in [0.2, 0.25) is 0 Å². The number of anilines is 1. The predicted molar refractivity (Wildman–Crippen MR) is 131 cm³/mol. The van der Waals surface area contributed by atoms with E-state index in [4.69, 9.17) is 4.42 Å². The minimum Gasteiger partial charge on any atom is -0.467 e. The van der Waals surface area contributed by atoms with Gasteiger partial charge in [0, 0.05) is 0 Å². The number of nitrogens with zero attached hydrogens (tertiary/aromatic N) is 4. The summed E-state index contributed by atoms with van der Waals surface area (Å²) >= 11 is 0. The van der Waals surface area contributed by atoms with E-state index in [1.807, 2.05) is 12.1 Å². The molecule has 0 radical (unpaired) electrons. The predicted octanol–water partition coefficient (Wildman–Crippen LogP) is 4.25. The maximum absolute atomic E-state index is 15.1. The molecule has 0 aliphatic carbocycles. The van der Waals surface area contributed by atoms with Gasteiger partial charge < -0.3 is 9.73 Å². The highest BCUT2D eigenvalue weighted by Gasteiger charge is 2.34. The van der Waals surface area contributed by atoms with E-state index in [1.165, 1.54) is 34.0 Å². The molecule has 5 aromatic rings. The molecule has 0 aliphatic rings. The second-order valence-electron chi connectivity index (χ2n) is 8.06. The van der Waals surface area contributed by atoms with Crippen LogP contribution in [-0.2, 0) is 22.7 Å². The Bertz CT molecular complexity index is 1480.